The van der Waals surface area contributed by atoms with Crippen LogP contribution in [-0.4, -0.2) is 31.9 Å². The highest BCUT2D eigenvalue weighted by Crippen LogP contribution is 2.14. The van der Waals surface area contributed by atoms with Crippen molar-refractivity contribution < 1.29 is 17.6 Å². The topological polar surface area (TPSA) is 89.3 Å². The lowest BCUT2D eigenvalue weighted by molar-refractivity contribution is 0.0938. The third kappa shape index (κ3) is 3.66. The first-order chi connectivity index (χ1) is 8.85. The van der Waals surface area contributed by atoms with Crippen molar-refractivity contribution in [2.45, 2.75) is 18.9 Å². The molecule has 0 aliphatic carbocycles. The van der Waals surface area contributed by atoms with E-state index in [1.165, 1.54) is 6.07 Å². The molecule has 1 heterocycles. The lowest BCUT2D eigenvalue weighted by Gasteiger charge is -2.23. The Balaban J connectivity index is 2.08. The smallest absolute Gasteiger partial charge is 0.251 e. The van der Waals surface area contributed by atoms with Crippen LogP contribution in [0.5, 0.6) is 0 Å². The zero-order valence-corrected chi connectivity index (χ0v) is 11.0. The second-order valence-electron chi connectivity index (χ2n) is 4.70. The first-order valence-electron chi connectivity index (χ1n) is 5.93. The number of sulfone groups is 1. The van der Waals surface area contributed by atoms with Crippen molar-refractivity contribution in [3.63, 3.8) is 0 Å². The maximum Gasteiger partial charge on any atom is 0.251 e. The summed E-state index contributed by atoms with van der Waals surface area (Å²) >= 11 is 0. The number of hydrogen-bond donors (Lipinski definition) is 2. The third-order valence-corrected chi connectivity index (χ3v) is 4.80. The van der Waals surface area contributed by atoms with Crippen LogP contribution < -0.4 is 11.1 Å². The molecule has 1 saturated heterocycles. The molecule has 19 heavy (non-hydrogen) atoms. The van der Waals surface area contributed by atoms with Gasteiger partial charge in [0.15, 0.2) is 9.84 Å². The molecule has 1 fully saturated rings. The van der Waals surface area contributed by atoms with Crippen LogP contribution in [0.2, 0.25) is 0 Å². The Bertz CT molecular complexity index is 581. The Labute approximate surface area is 110 Å². The van der Waals surface area contributed by atoms with E-state index in [9.17, 15) is 17.6 Å². The van der Waals surface area contributed by atoms with Crippen LogP contribution in [0.25, 0.3) is 0 Å². The van der Waals surface area contributed by atoms with Gasteiger partial charge in [0.1, 0.15) is 5.82 Å². The number of nitrogens with two attached hydrogens (primary N) is 1. The van der Waals surface area contributed by atoms with Crippen molar-refractivity contribution in [3.05, 3.63) is 29.6 Å². The molecule has 1 aliphatic heterocycles. The van der Waals surface area contributed by atoms with E-state index in [-0.39, 0.29) is 22.8 Å². The normalized spacial score (nSPS) is 21.8. The summed E-state index contributed by atoms with van der Waals surface area (Å²) in [5.41, 5.74) is 5.71. The van der Waals surface area contributed by atoms with Gasteiger partial charge in [0.25, 0.3) is 5.91 Å². The number of hydrogen-bond acceptors (Lipinski definition) is 4. The van der Waals surface area contributed by atoms with Crippen LogP contribution in [0.1, 0.15) is 23.2 Å². The largest absolute Gasteiger partial charge is 0.399 e. The zero-order chi connectivity index (χ0) is 14.0. The summed E-state index contributed by atoms with van der Waals surface area (Å²) in [4.78, 5) is 11.9. The average Bonchev–Trinajstić information content (AvgIpc) is 2.26. The van der Waals surface area contributed by atoms with Crippen molar-refractivity contribution in [2.24, 2.45) is 0 Å². The van der Waals surface area contributed by atoms with E-state index >= 15 is 0 Å². The summed E-state index contributed by atoms with van der Waals surface area (Å²) in [6, 6.07) is 3.12. The number of halogens is 1. The van der Waals surface area contributed by atoms with Crippen LogP contribution in [0.4, 0.5) is 10.1 Å². The van der Waals surface area contributed by atoms with E-state index in [1.54, 1.807) is 0 Å². The minimum atomic E-state index is -3.09. The van der Waals surface area contributed by atoms with Gasteiger partial charge in [0, 0.05) is 17.3 Å². The summed E-state index contributed by atoms with van der Waals surface area (Å²) in [5, 5.41) is 2.60. The fraction of sp³-hybridized carbons (Fsp3) is 0.417. The maximum absolute atomic E-state index is 13.1. The molecular weight excluding hydrogens is 271 g/mol. The van der Waals surface area contributed by atoms with Crippen LogP contribution in [-0.2, 0) is 9.84 Å². The van der Waals surface area contributed by atoms with Gasteiger partial charge < -0.3 is 11.1 Å². The Hall–Kier alpha value is -1.63. The van der Waals surface area contributed by atoms with Crippen LogP contribution in [0, 0.1) is 5.82 Å². The molecule has 0 spiro atoms. The highest BCUT2D eigenvalue weighted by molar-refractivity contribution is 7.91. The number of anilines is 1. The fourth-order valence-electron chi connectivity index (χ4n) is 2.15. The van der Waals surface area contributed by atoms with Crippen molar-refractivity contribution >= 4 is 21.4 Å². The molecule has 5 nitrogen and oxygen atoms in total. The molecule has 1 aromatic rings. The van der Waals surface area contributed by atoms with Crippen molar-refractivity contribution in [1.29, 1.82) is 0 Å². The van der Waals surface area contributed by atoms with E-state index in [4.69, 9.17) is 5.73 Å². The quantitative estimate of drug-likeness (QED) is 0.784. The molecule has 1 aromatic carbocycles. The Morgan fingerprint density at radius 3 is 2.74 bits per heavy atom. The third-order valence-electron chi connectivity index (χ3n) is 2.98. The molecule has 0 aromatic heterocycles. The summed E-state index contributed by atoms with van der Waals surface area (Å²) in [6.45, 7) is 0. The predicted octanol–water partition coefficient (Wildman–Crippen LogP) is 0.715. The summed E-state index contributed by atoms with van der Waals surface area (Å²) in [7, 11) is -3.09. The summed E-state index contributed by atoms with van der Waals surface area (Å²) < 4.78 is 36.0. The first-order valence-corrected chi connectivity index (χ1v) is 7.75. The number of carbonyl (C=O) groups is 1. The molecule has 0 saturated carbocycles. The van der Waals surface area contributed by atoms with Crippen molar-refractivity contribution in [1.82, 2.24) is 5.32 Å². The molecule has 1 unspecified atom stereocenters. The molecule has 1 amide bonds. The van der Waals surface area contributed by atoms with Crippen molar-refractivity contribution in [2.75, 3.05) is 17.2 Å². The lowest BCUT2D eigenvalue weighted by Crippen LogP contribution is -2.43. The number of nitrogen functional groups attached to an aromatic ring is 1. The molecule has 7 heteroatoms. The van der Waals surface area contributed by atoms with Gasteiger partial charge in [0.2, 0.25) is 0 Å². The Morgan fingerprint density at radius 2 is 2.11 bits per heavy atom. The average molecular weight is 286 g/mol. The summed E-state index contributed by atoms with van der Waals surface area (Å²) in [5.74, 6) is -1.01. The van der Waals surface area contributed by atoms with Gasteiger partial charge in [-0.1, -0.05) is 0 Å². The molecule has 1 aliphatic rings. The molecule has 104 valence electrons. The van der Waals surface area contributed by atoms with Gasteiger partial charge in [-0.25, -0.2) is 12.8 Å². The first kappa shape index (κ1) is 13.8. The molecular formula is C12H15FN2O3S. The van der Waals surface area contributed by atoms with E-state index in [0.717, 1.165) is 12.1 Å². The second-order valence-corrected chi connectivity index (χ2v) is 6.93. The van der Waals surface area contributed by atoms with Gasteiger partial charge in [-0.05, 0) is 31.0 Å². The van der Waals surface area contributed by atoms with Gasteiger partial charge in [-0.3, -0.25) is 4.79 Å². The lowest BCUT2D eigenvalue weighted by atomic mass is 10.1. The summed E-state index contributed by atoms with van der Waals surface area (Å²) in [6.07, 6.45) is 1.13. The minimum Gasteiger partial charge on any atom is -0.399 e. The number of nitrogens with one attached hydrogen (secondary N) is 1. The predicted molar refractivity (Wildman–Crippen MR) is 70.0 cm³/mol. The van der Waals surface area contributed by atoms with E-state index in [1.807, 2.05) is 0 Å². The SMILES string of the molecule is Nc1cc(F)cc(C(=O)NC2CCCS(=O)(=O)C2)c1. The number of carbonyl (C=O) groups excluding carboxylic acids is 1. The van der Waals surface area contributed by atoms with Gasteiger partial charge >= 0.3 is 0 Å². The Kier molecular flexibility index (Phi) is 3.75. The number of benzene rings is 1. The molecule has 2 rings (SSSR count). The van der Waals surface area contributed by atoms with Gasteiger partial charge in [0.05, 0.1) is 11.5 Å². The van der Waals surface area contributed by atoms with Crippen molar-refractivity contribution in [3.8, 4) is 0 Å². The number of rotatable bonds is 2. The second kappa shape index (κ2) is 5.16. The zero-order valence-electron chi connectivity index (χ0n) is 10.2. The highest BCUT2D eigenvalue weighted by Gasteiger charge is 2.26. The molecule has 3 N–H and O–H groups in total. The molecule has 1 atom stereocenters. The van der Waals surface area contributed by atoms with E-state index in [2.05, 4.69) is 5.32 Å². The molecule has 0 radical (unpaired) electrons. The Morgan fingerprint density at radius 1 is 1.37 bits per heavy atom. The minimum absolute atomic E-state index is 0.0659. The highest BCUT2D eigenvalue weighted by atomic mass is 32.2. The van der Waals surface area contributed by atoms with E-state index < -0.39 is 27.6 Å². The van der Waals surface area contributed by atoms with Gasteiger partial charge in [-0.15, -0.1) is 0 Å². The monoisotopic (exact) mass is 286 g/mol. The van der Waals surface area contributed by atoms with Crippen LogP contribution in [0.15, 0.2) is 18.2 Å². The standard InChI is InChI=1S/C12H15FN2O3S/c13-9-4-8(5-10(14)6-9)12(16)15-11-2-1-3-19(17,18)7-11/h4-6,11H,1-3,7,14H2,(H,15,16). The van der Waals surface area contributed by atoms with Gasteiger partial charge in [-0.2, -0.15) is 0 Å². The molecule has 0 bridgehead atoms. The number of amides is 1. The van der Waals surface area contributed by atoms with E-state index in [0.29, 0.717) is 12.8 Å². The van der Waals surface area contributed by atoms with Crippen LogP contribution >= 0.6 is 0 Å². The fourth-order valence-corrected chi connectivity index (χ4v) is 3.79. The van der Waals surface area contributed by atoms with Crippen LogP contribution in [0.3, 0.4) is 0 Å². The maximum atomic E-state index is 13.1.